The summed E-state index contributed by atoms with van der Waals surface area (Å²) >= 11 is 0. The van der Waals surface area contributed by atoms with Gasteiger partial charge in [-0.1, -0.05) is 19.8 Å². The molecule has 2 unspecified atom stereocenters. The van der Waals surface area contributed by atoms with Gasteiger partial charge in [-0.3, -0.25) is 0 Å². The van der Waals surface area contributed by atoms with Gasteiger partial charge in [0.2, 0.25) is 0 Å². The van der Waals surface area contributed by atoms with Gasteiger partial charge in [0.15, 0.2) is 0 Å². The monoisotopic (exact) mass is 192 g/mol. The third-order valence-corrected chi connectivity index (χ3v) is 3.35. The minimum atomic E-state index is 0.362. The molecule has 2 nitrogen and oxygen atoms in total. The van der Waals surface area contributed by atoms with Gasteiger partial charge in [-0.25, -0.2) is 0 Å². The van der Waals surface area contributed by atoms with E-state index in [1.807, 2.05) is 0 Å². The third-order valence-electron chi connectivity index (χ3n) is 3.35. The van der Waals surface area contributed by atoms with Gasteiger partial charge in [-0.05, 0) is 30.9 Å². The van der Waals surface area contributed by atoms with E-state index in [0.29, 0.717) is 12.1 Å². The quantitative estimate of drug-likeness (QED) is 0.767. The smallest absolute Gasteiger partial charge is 0.0481 e. The molecule has 1 aliphatic carbocycles. The molecular weight excluding hydrogens is 172 g/mol. The number of hydrogen-bond donors (Lipinski definition) is 1. The Morgan fingerprint density at radius 2 is 2.21 bits per heavy atom. The number of rotatable bonds is 2. The molecule has 0 amide bonds. The van der Waals surface area contributed by atoms with Crippen LogP contribution >= 0.6 is 0 Å². The summed E-state index contributed by atoms with van der Waals surface area (Å²) in [6, 6.07) is 3.12. The second-order valence-electron chi connectivity index (χ2n) is 4.34. The topological polar surface area (TPSA) is 30.9 Å². The van der Waals surface area contributed by atoms with E-state index < -0.39 is 0 Å². The Hall–Kier alpha value is -0.760. The molecule has 2 atom stereocenters. The van der Waals surface area contributed by atoms with Crippen molar-refractivity contribution in [2.75, 3.05) is 0 Å². The van der Waals surface area contributed by atoms with E-state index >= 15 is 0 Å². The first-order chi connectivity index (χ1) is 6.81. The SMILES string of the molecule is CCc1ccn(C2CCCCC2N)c1. The van der Waals surface area contributed by atoms with Gasteiger partial charge >= 0.3 is 0 Å². The van der Waals surface area contributed by atoms with Crippen molar-refractivity contribution in [1.82, 2.24) is 4.57 Å². The van der Waals surface area contributed by atoms with Crippen molar-refractivity contribution in [2.24, 2.45) is 5.73 Å². The predicted molar refractivity (Wildman–Crippen MR) is 59.3 cm³/mol. The summed E-state index contributed by atoms with van der Waals surface area (Å²) < 4.78 is 2.32. The van der Waals surface area contributed by atoms with Crippen molar-refractivity contribution in [3.05, 3.63) is 24.0 Å². The Labute approximate surface area is 86.1 Å². The molecule has 0 radical (unpaired) electrons. The maximum atomic E-state index is 6.14. The molecule has 1 aromatic rings. The second-order valence-corrected chi connectivity index (χ2v) is 4.34. The van der Waals surface area contributed by atoms with Gasteiger partial charge in [0, 0.05) is 24.5 Å². The molecule has 1 fully saturated rings. The zero-order valence-corrected chi connectivity index (χ0v) is 8.95. The van der Waals surface area contributed by atoms with Crippen molar-refractivity contribution < 1.29 is 0 Å². The predicted octanol–water partition coefficient (Wildman–Crippen LogP) is 2.49. The average Bonchev–Trinajstić information content (AvgIpc) is 2.67. The highest BCUT2D eigenvalue weighted by molar-refractivity contribution is 5.11. The zero-order chi connectivity index (χ0) is 9.97. The lowest BCUT2D eigenvalue weighted by atomic mass is 9.91. The van der Waals surface area contributed by atoms with Crippen LogP contribution in [0, 0.1) is 0 Å². The Bertz CT molecular complexity index is 290. The molecule has 78 valence electrons. The summed E-state index contributed by atoms with van der Waals surface area (Å²) in [4.78, 5) is 0. The third kappa shape index (κ3) is 1.85. The Morgan fingerprint density at radius 1 is 1.43 bits per heavy atom. The highest BCUT2D eigenvalue weighted by atomic mass is 15.0. The average molecular weight is 192 g/mol. The lowest BCUT2D eigenvalue weighted by Gasteiger charge is -2.29. The van der Waals surface area contributed by atoms with Crippen molar-refractivity contribution in [3.8, 4) is 0 Å². The fraction of sp³-hybridized carbons (Fsp3) is 0.667. The van der Waals surface area contributed by atoms with Crippen LogP contribution < -0.4 is 5.73 Å². The van der Waals surface area contributed by atoms with Gasteiger partial charge in [0.05, 0.1) is 0 Å². The van der Waals surface area contributed by atoms with Crippen molar-refractivity contribution in [1.29, 1.82) is 0 Å². The van der Waals surface area contributed by atoms with Crippen LogP contribution in [0.4, 0.5) is 0 Å². The molecule has 14 heavy (non-hydrogen) atoms. The fourth-order valence-electron chi connectivity index (χ4n) is 2.38. The summed E-state index contributed by atoms with van der Waals surface area (Å²) in [6.07, 6.45) is 10.6. The molecule has 1 saturated carbocycles. The standard InChI is InChI=1S/C12H20N2/c1-2-10-7-8-14(9-10)12-6-4-3-5-11(12)13/h7-9,11-12H,2-6,13H2,1H3. The van der Waals surface area contributed by atoms with Crippen LogP contribution in [0.15, 0.2) is 18.5 Å². The van der Waals surface area contributed by atoms with E-state index in [0.717, 1.165) is 6.42 Å². The molecule has 1 heterocycles. The molecule has 2 N–H and O–H groups in total. The van der Waals surface area contributed by atoms with Crippen LogP contribution in [-0.2, 0) is 6.42 Å². The van der Waals surface area contributed by atoms with E-state index in [9.17, 15) is 0 Å². The maximum absolute atomic E-state index is 6.14. The second kappa shape index (κ2) is 4.18. The number of aromatic nitrogens is 1. The first-order valence-corrected chi connectivity index (χ1v) is 5.73. The molecule has 0 spiro atoms. The summed E-state index contributed by atoms with van der Waals surface area (Å²) in [5, 5.41) is 0. The van der Waals surface area contributed by atoms with E-state index in [1.54, 1.807) is 0 Å². The van der Waals surface area contributed by atoms with Crippen molar-refractivity contribution in [3.63, 3.8) is 0 Å². The molecular formula is C12H20N2. The largest absolute Gasteiger partial charge is 0.349 e. The van der Waals surface area contributed by atoms with Gasteiger partial charge in [-0.2, -0.15) is 0 Å². The van der Waals surface area contributed by atoms with Crippen LogP contribution in [0.2, 0.25) is 0 Å². The summed E-state index contributed by atoms with van der Waals surface area (Å²) in [5.41, 5.74) is 7.56. The summed E-state index contributed by atoms with van der Waals surface area (Å²) in [7, 11) is 0. The molecule has 2 rings (SSSR count). The summed E-state index contributed by atoms with van der Waals surface area (Å²) in [6.45, 7) is 2.19. The van der Waals surface area contributed by atoms with Gasteiger partial charge < -0.3 is 10.3 Å². The Morgan fingerprint density at radius 3 is 2.86 bits per heavy atom. The minimum Gasteiger partial charge on any atom is -0.349 e. The van der Waals surface area contributed by atoms with Crippen LogP contribution in [0.5, 0.6) is 0 Å². The van der Waals surface area contributed by atoms with Crippen LogP contribution in [0.3, 0.4) is 0 Å². The number of nitrogens with zero attached hydrogens (tertiary/aromatic N) is 1. The Kier molecular flexibility index (Phi) is 2.92. The Balaban J connectivity index is 2.12. The number of hydrogen-bond acceptors (Lipinski definition) is 1. The molecule has 0 bridgehead atoms. The highest BCUT2D eigenvalue weighted by Crippen LogP contribution is 2.27. The molecule has 0 aromatic carbocycles. The van der Waals surface area contributed by atoms with E-state index in [2.05, 4.69) is 30.0 Å². The van der Waals surface area contributed by atoms with Crippen molar-refractivity contribution >= 4 is 0 Å². The van der Waals surface area contributed by atoms with Crippen LogP contribution in [-0.4, -0.2) is 10.6 Å². The van der Waals surface area contributed by atoms with Crippen LogP contribution in [0.25, 0.3) is 0 Å². The minimum absolute atomic E-state index is 0.362. The number of nitrogens with two attached hydrogens (primary N) is 1. The number of aryl methyl sites for hydroxylation is 1. The molecule has 1 aromatic heterocycles. The lowest BCUT2D eigenvalue weighted by molar-refractivity contribution is 0.306. The molecule has 0 saturated heterocycles. The van der Waals surface area contributed by atoms with Gasteiger partial charge in [-0.15, -0.1) is 0 Å². The van der Waals surface area contributed by atoms with Crippen molar-refractivity contribution in [2.45, 2.75) is 51.1 Å². The normalized spacial score (nSPS) is 27.9. The maximum Gasteiger partial charge on any atom is 0.0481 e. The highest BCUT2D eigenvalue weighted by Gasteiger charge is 2.22. The molecule has 1 aliphatic rings. The fourth-order valence-corrected chi connectivity index (χ4v) is 2.38. The van der Waals surface area contributed by atoms with Gasteiger partial charge in [0.1, 0.15) is 0 Å². The van der Waals surface area contributed by atoms with Crippen LogP contribution in [0.1, 0.15) is 44.2 Å². The lowest BCUT2D eigenvalue weighted by Crippen LogP contribution is -2.34. The van der Waals surface area contributed by atoms with E-state index in [-0.39, 0.29) is 0 Å². The molecule has 2 heteroatoms. The van der Waals surface area contributed by atoms with E-state index in [4.69, 9.17) is 5.73 Å². The summed E-state index contributed by atoms with van der Waals surface area (Å²) in [5.74, 6) is 0. The van der Waals surface area contributed by atoms with E-state index in [1.165, 1.54) is 31.2 Å². The first-order valence-electron chi connectivity index (χ1n) is 5.73. The molecule has 0 aliphatic heterocycles. The first kappa shape index (κ1) is 9.78. The zero-order valence-electron chi connectivity index (χ0n) is 8.95. The van der Waals surface area contributed by atoms with Gasteiger partial charge in [0.25, 0.3) is 0 Å².